The van der Waals surface area contributed by atoms with Gasteiger partial charge in [0.2, 0.25) is 5.91 Å². The lowest BCUT2D eigenvalue weighted by atomic mass is 10.3. The summed E-state index contributed by atoms with van der Waals surface area (Å²) in [5, 5.41) is 0. The highest BCUT2D eigenvalue weighted by molar-refractivity contribution is 5.75. The number of hydrogen-bond donors (Lipinski definition) is 2. The Morgan fingerprint density at radius 3 is 2.50 bits per heavy atom. The third kappa shape index (κ3) is 6.82. The number of rotatable bonds is 8. The van der Waals surface area contributed by atoms with Gasteiger partial charge < -0.3 is 16.2 Å². The highest BCUT2D eigenvalue weighted by Crippen LogP contribution is 1.96. The van der Waals surface area contributed by atoms with E-state index in [9.17, 15) is 4.79 Å². The Morgan fingerprint density at radius 2 is 2.07 bits per heavy atom. The second-order valence-electron chi connectivity index (χ2n) is 3.43. The molecule has 0 heterocycles. The van der Waals surface area contributed by atoms with Crippen LogP contribution in [0.1, 0.15) is 13.8 Å². The molecule has 0 aromatic heterocycles. The van der Waals surface area contributed by atoms with Crippen LogP contribution in [0.2, 0.25) is 0 Å². The maximum Gasteiger partial charge on any atom is 0.231 e. The predicted octanol–water partition coefficient (Wildman–Crippen LogP) is -0.843. The maximum atomic E-state index is 10.7. The number of carbonyl (C=O) groups excluding carboxylic acids is 1. The average Bonchev–Trinajstić information content (AvgIpc) is 2.09. The van der Waals surface area contributed by atoms with Crippen LogP contribution >= 0.6 is 0 Å². The summed E-state index contributed by atoms with van der Waals surface area (Å²) in [7, 11) is 0. The van der Waals surface area contributed by atoms with Crippen LogP contribution in [0, 0.1) is 0 Å². The van der Waals surface area contributed by atoms with Gasteiger partial charge in [0, 0.05) is 19.1 Å². The molecule has 5 heteroatoms. The Morgan fingerprint density at radius 1 is 1.43 bits per heavy atom. The summed E-state index contributed by atoms with van der Waals surface area (Å²) in [5.41, 5.74) is 10.4. The van der Waals surface area contributed by atoms with Gasteiger partial charge in [0.1, 0.15) is 0 Å². The summed E-state index contributed by atoms with van der Waals surface area (Å²) >= 11 is 0. The fraction of sp³-hybridized carbons (Fsp3) is 0.889. The van der Waals surface area contributed by atoms with Crippen LogP contribution < -0.4 is 11.5 Å². The van der Waals surface area contributed by atoms with Crippen LogP contribution in [-0.4, -0.2) is 49.7 Å². The zero-order valence-corrected chi connectivity index (χ0v) is 9.03. The highest BCUT2D eigenvalue weighted by Gasteiger charge is 2.11. The highest BCUT2D eigenvalue weighted by atomic mass is 16.5. The van der Waals surface area contributed by atoms with Gasteiger partial charge in [-0.2, -0.15) is 0 Å². The van der Waals surface area contributed by atoms with Crippen LogP contribution in [0.25, 0.3) is 0 Å². The molecule has 5 nitrogen and oxygen atoms in total. The molecule has 0 radical (unpaired) electrons. The van der Waals surface area contributed by atoms with Crippen molar-refractivity contribution in [2.24, 2.45) is 11.5 Å². The summed E-state index contributed by atoms with van der Waals surface area (Å²) < 4.78 is 5.23. The fourth-order valence-corrected chi connectivity index (χ4v) is 1.09. The van der Waals surface area contributed by atoms with Crippen molar-refractivity contribution < 1.29 is 9.53 Å². The van der Waals surface area contributed by atoms with E-state index in [1.54, 1.807) is 0 Å². The van der Waals surface area contributed by atoms with Crippen molar-refractivity contribution in [1.29, 1.82) is 0 Å². The van der Waals surface area contributed by atoms with Gasteiger partial charge >= 0.3 is 0 Å². The third-order valence-electron chi connectivity index (χ3n) is 1.87. The molecule has 0 aromatic rings. The monoisotopic (exact) mass is 203 g/mol. The van der Waals surface area contributed by atoms with Crippen LogP contribution in [0.4, 0.5) is 0 Å². The lowest BCUT2D eigenvalue weighted by molar-refractivity contribution is -0.119. The first-order valence-corrected chi connectivity index (χ1v) is 4.88. The van der Waals surface area contributed by atoms with Gasteiger partial charge in [0.25, 0.3) is 0 Å². The molecule has 4 N–H and O–H groups in total. The standard InChI is InChI=1S/C9H21N3O2/c1-8(2)12(7-9(11)13)4-6-14-5-3-10/h8H,3-7,10H2,1-2H3,(H2,11,13). The lowest BCUT2D eigenvalue weighted by Crippen LogP contribution is -2.40. The first-order valence-electron chi connectivity index (χ1n) is 4.88. The molecule has 0 aliphatic heterocycles. The molecule has 0 spiro atoms. The molecule has 0 aliphatic carbocycles. The summed E-state index contributed by atoms with van der Waals surface area (Å²) in [4.78, 5) is 12.7. The normalized spacial score (nSPS) is 11.2. The molecule has 1 amide bonds. The minimum atomic E-state index is -0.308. The number of amides is 1. The Hall–Kier alpha value is -0.650. The quantitative estimate of drug-likeness (QED) is 0.504. The molecule has 0 fully saturated rings. The number of ether oxygens (including phenoxy) is 1. The van der Waals surface area contributed by atoms with Gasteiger partial charge in [0.15, 0.2) is 0 Å². The van der Waals surface area contributed by atoms with Crippen LogP contribution in [0.15, 0.2) is 0 Å². The second-order valence-corrected chi connectivity index (χ2v) is 3.43. The van der Waals surface area contributed by atoms with Crippen LogP contribution in [-0.2, 0) is 9.53 Å². The van der Waals surface area contributed by atoms with E-state index in [1.165, 1.54) is 0 Å². The predicted molar refractivity (Wildman–Crippen MR) is 55.8 cm³/mol. The number of nitrogens with zero attached hydrogens (tertiary/aromatic N) is 1. The van der Waals surface area contributed by atoms with E-state index in [0.717, 1.165) is 0 Å². The topological polar surface area (TPSA) is 81.6 Å². The Labute approximate surface area is 85.4 Å². The van der Waals surface area contributed by atoms with Crippen molar-refractivity contribution in [3.05, 3.63) is 0 Å². The minimum Gasteiger partial charge on any atom is -0.379 e. The molecule has 0 saturated heterocycles. The molecule has 0 unspecified atom stereocenters. The Kier molecular flexibility index (Phi) is 7.37. The number of carbonyl (C=O) groups is 1. The first kappa shape index (κ1) is 13.4. The molecule has 0 atom stereocenters. The van der Waals surface area contributed by atoms with Crippen LogP contribution in [0.5, 0.6) is 0 Å². The largest absolute Gasteiger partial charge is 0.379 e. The average molecular weight is 203 g/mol. The van der Waals surface area contributed by atoms with Gasteiger partial charge in [-0.25, -0.2) is 0 Å². The molecule has 0 aromatic carbocycles. The fourth-order valence-electron chi connectivity index (χ4n) is 1.09. The summed E-state index contributed by atoms with van der Waals surface area (Å²) in [6, 6.07) is 0.295. The molecule has 14 heavy (non-hydrogen) atoms. The Balaban J connectivity index is 3.68. The number of primary amides is 1. The summed E-state index contributed by atoms with van der Waals surface area (Å²) in [6.07, 6.45) is 0. The third-order valence-corrected chi connectivity index (χ3v) is 1.87. The second kappa shape index (κ2) is 7.73. The number of hydrogen-bond acceptors (Lipinski definition) is 4. The molecule has 0 rings (SSSR count). The van der Waals surface area contributed by atoms with E-state index >= 15 is 0 Å². The van der Waals surface area contributed by atoms with Crippen molar-refractivity contribution in [2.75, 3.05) is 32.8 Å². The van der Waals surface area contributed by atoms with E-state index in [1.807, 2.05) is 18.7 Å². The van der Waals surface area contributed by atoms with Gasteiger partial charge in [-0.15, -0.1) is 0 Å². The van der Waals surface area contributed by atoms with E-state index in [0.29, 0.717) is 32.3 Å². The van der Waals surface area contributed by atoms with Crippen molar-refractivity contribution >= 4 is 5.91 Å². The summed E-state index contributed by atoms with van der Waals surface area (Å²) in [6.45, 7) is 6.70. The lowest BCUT2D eigenvalue weighted by Gasteiger charge is -2.24. The molecule has 0 saturated carbocycles. The van der Waals surface area contributed by atoms with Crippen molar-refractivity contribution in [1.82, 2.24) is 4.90 Å². The van der Waals surface area contributed by atoms with Crippen LogP contribution in [0.3, 0.4) is 0 Å². The first-order chi connectivity index (χ1) is 6.57. The SMILES string of the molecule is CC(C)N(CCOCCN)CC(N)=O. The van der Waals surface area contributed by atoms with E-state index in [-0.39, 0.29) is 12.5 Å². The molecule has 0 aliphatic rings. The van der Waals surface area contributed by atoms with Crippen molar-refractivity contribution in [3.63, 3.8) is 0 Å². The van der Waals surface area contributed by atoms with Gasteiger partial charge in [0.05, 0.1) is 19.8 Å². The molecular formula is C9H21N3O2. The minimum absolute atomic E-state index is 0.281. The molecule has 84 valence electrons. The van der Waals surface area contributed by atoms with Crippen molar-refractivity contribution in [3.8, 4) is 0 Å². The van der Waals surface area contributed by atoms with Gasteiger partial charge in [-0.1, -0.05) is 0 Å². The zero-order chi connectivity index (χ0) is 11.0. The van der Waals surface area contributed by atoms with Crippen molar-refractivity contribution in [2.45, 2.75) is 19.9 Å². The van der Waals surface area contributed by atoms with Gasteiger partial charge in [-0.3, -0.25) is 9.69 Å². The van der Waals surface area contributed by atoms with Gasteiger partial charge in [-0.05, 0) is 13.8 Å². The van der Waals surface area contributed by atoms with E-state index in [2.05, 4.69) is 0 Å². The van der Waals surface area contributed by atoms with E-state index in [4.69, 9.17) is 16.2 Å². The van der Waals surface area contributed by atoms with E-state index < -0.39 is 0 Å². The number of nitrogens with two attached hydrogens (primary N) is 2. The maximum absolute atomic E-state index is 10.7. The zero-order valence-electron chi connectivity index (χ0n) is 9.03. The molecular weight excluding hydrogens is 182 g/mol. The Bertz CT molecular complexity index is 162. The smallest absolute Gasteiger partial charge is 0.231 e. The molecule has 0 bridgehead atoms. The summed E-state index contributed by atoms with van der Waals surface area (Å²) in [5.74, 6) is -0.308.